The van der Waals surface area contributed by atoms with E-state index in [0.29, 0.717) is 27.4 Å². The Morgan fingerprint density at radius 2 is 1.93 bits per heavy atom. The van der Waals surface area contributed by atoms with Crippen LogP contribution in [0.4, 0.5) is 0 Å². The van der Waals surface area contributed by atoms with Crippen molar-refractivity contribution in [2.75, 3.05) is 6.54 Å². The normalized spacial score (nSPS) is 11.6. The molecule has 0 saturated heterocycles. The topological polar surface area (TPSA) is 33.4 Å². The van der Waals surface area contributed by atoms with E-state index in [1.807, 2.05) is 52.2 Å². The lowest BCUT2D eigenvalue weighted by Gasteiger charge is -2.22. The van der Waals surface area contributed by atoms with Crippen LogP contribution in [0.3, 0.4) is 0 Å². The monoisotopic (exact) mass is 420 g/mol. The first-order chi connectivity index (χ1) is 13.1. The van der Waals surface area contributed by atoms with Gasteiger partial charge in [-0.15, -0.1) is 0 Å². The van der Waals surface area contributed by atoms with Gasteiger partial charge in [-0.3, -0.25) is 9.58 Å². The first-order valence-electron chi connectivity index (χ1n) is 8.59. The summed E-state index contributed by atoms with van der Waals surface area (Å²) in [4.78, 5) is 4.14. The van der Waals surface area contributed by atoms with E-state index in [2.05, 4.69) is 11.9 Å². The van der Waals surface area contributed by atoms with E-state index in [1.54, 1.807) is 18.6 Å². The van der Waals surface area contributed by atoms with Gasteiger partial charge in [0, 0.05) is 34.5 Å². The summed E-state index contributed by atoms with van der Waals surface area (Å²) in [5, 5.41) is 8.75. The molecule has 0 bridgehead atoms. The van der Waals surface area contributed by atoms with E-state index in [1.165, 1.54) is 0 Å². The Balaban J connectivity index is 2.00. The quantitative estimate of drug-likeness (QED) is 0.279. The summed E-state index contributed by atoms with van der Waals surface area (Å²) in [6, 6.07) is 13.1. The van der Waals surface area contributed by atoms with E-state index in [0.717, 1.165) is 24.1 Å². The van der Waals surface area contributed by atoms with Crippen LogP contribution in [0.25, 0.3) is 0 Å². The van der Waals surface area contributed by atoms with E-state index >= 15 is 0 Å². The number of rotatable bonds is 6. The molecule has 0 amide bonds. The van der Waals surface area contributed by atoms with Gasteiger partial charge in [-0.1, -0.05) is 59.9 Å². The third kappa shape index (κ3) is 5.04. The highest BCUT2D eigenvalue weighted by Crippen LogP contribution is 2.23. The van der Waals surface area contributed by atoms with Gasteiger partial charge in [-0.2, -0.15) is 5.10 Å². The molecule has 1 aromatic heterocycles. The molecule has 140 valence electrons. The maximum absolute atomic E-state index is 6.43. The van der Waals surface area contributed by atoms with Crippen LogP contribution < -0.4 is 0 Å². The van der Waals surface area contributed by atoms with Crippen LogP contribution in [0.1, 0.15) is 24.5 Å². The van der Waals surface area contributed by atoms with Gasteiger partial charge in [0.05, 0.1) is 11.6 Å². The fraction of sp³-hybridized carbons (Fsp3) is 0.200. The zero-order valence-electron chi connectivity index (χ0n) is 14.8. The van der Waals surface area contributed by atoms with Crippen molar-refractivity contribution in [1.82, 2.24) is 14.6 Å². The number of hydrazone groups is 1. The molecule has 0 fully saturated rings. The molecular formula is C20H19Cl3N4. The number of hydrogen-bond donors (Lipinski definition) is 0. The number of imidazole rings is 1. The molecule has 0 aliphatic heterocycles. The third-order valence-electron chi connectivity index (χ3n) is 3.95. The van der Waals surface area contributed by atoms with Crippen molar-refractivity contribution < 1.29 is 0 Å². The minimum absolute atomic E-state index is 0.562. The highest BCUT2D eigenvalue weighted by atomic mass is 35.5. The van der Waals surface area contributed by atoms with Gasteiger partial charge in [0.2, 0.25) is 0 Å². The van der Waals surface area contributed by atoms with Gasteiger partial charge in [0.15, 0.2) is 5.84 Å². The second kappa shape index (κ2) is 9.27. The van der Waals surface area contributed by atoms with E-state index in [4.69, 9.17) is 39.9 Å². The predicted molar refractivity (Wildman–Crippen MR) is 113 cm³/mol. The number of nitrogens with zero attached hydrogens (tertiary/aromatic N) is 4. The second-order valence-corrected chi connectivity index (χ2v) is 7.25. The average molecular weight is 422 g/mol. The van der Waals surface area contributed by atoms with Gasteiger partial charge in [0.25, 0.3) is 0 Å². The van der Waals surface area contributed by atoms with Crippen molar-refractivity contribution >= 4 is 40.6 Å². The van der Waals surface area contributed by atoms with Crippen LogP contribution in [0.5, 0.6) is 0 Å². The molecule has 0 radical (unpaired) electrons. The molecule has 0 unspecified atom stereocenters. The summed E-state index contributed by atoms with van der Waals surface area (Å²) in [5.41, 5.74) is 1.79. The SMILES string of the molecule is CCCN(Cc1ccc(Cl)cc1Cl)/N=C(\c1ccccc1Cl)n1ccnc1. The molecule has 0 atom stereocenters. The lowest BCUT2D eigenvalue weighted by atomic mass is 10.2. The van der Waals surface area contributed by atoms with Crippen molar-refractivity contribution in [3.8, 4) is 0 Å². The molecule has 2 aromatic carbocycles. The molecule has 0 aliphatic rings. The summed E-state index contributed by atoms with van der Waals surface area (Å²) in [5.74, 6) is 0.705. The van der Waals surface area contributed by atoms with Crippen LogP contribution in [0.15, 0.2) is 66.3 Å². The Morgan fingerprint density at radius 3 is 2.59 bits per heavy atom. The summed E-state index contributed by atoms with van der Waals surface area (Å²) < 4.78 is 1.85. The first kappa shape index (κ1) is 19.7. The lowest BCUT2D eigenvalue weighted by Crippen LogP contribution is -2.24. The fourth-order valence-electron chi connectivity index (χ4n) is 2.67. The van der Waals surface area contributed by atoms with Crippen molar-refractivity contribution in [3.63, 3.8) is 0 Å². The van der Waals surface area contributed by atoms with Gasteiger partial charge in [0.1, 0.15) is 6.33 Å². The molecule has 7 heteroatoms. The van der Waals surface area contributed by atoms with Crippen molar-refractivity contribution in [3.05, 3.63) is 87.4 Å². The van der Waals surface area contributed by atoms with Crippen molar-refractivity contribution in [2.24, 2.45) is 5.10 Å². The molecule has 0 spiro atoms. The Labute approximate surface area is 174 Å². The van der Waals surface area contributed by atoms with Gasteiger partial charge >= 0.3 is 0 Å². The molecule has 0 N–H and O–H groups in total. The van der Waals surface area contributed by atoms with Crippen molar-refractivity contribution in [2.45, 2.75) is 19.9 Å². The summed E-state index contributed by atoms with van der Waals surface area (Å²) in [7, 11) is 0. The molecule has 3 aromatic rings. The van der Waals surface area contributed by atoms with E-state index < -0.39 is 0 Å². The Bertz CT molecular complexity index is 923. The Morgan fingerprint density at radius 1 is 1.11 bits per heavy atom. The van der Waals surface area contributed by atoms with Crippen LogP contribution >= 0.6 is 34.8 Å². The van der Waals surface area contributed by atoms with Crippen LogP contribution in [-0.4, -0.2) is 26.9 Å². The summed E-state index contributed by atoms with van der Waals surface area (Å²) >= 11 is 18.8. The van der Waals surface area contributed by atoms with Crippen LogP contribution in [0.2, 0.25) is 15.1 Å². The highest BCUT2D eigenvalue weighted by molar-refractivity contribution is 6.35. The maximum atomic E-state index is 6.43. The van der Waals surface area contributed by atoms with Gasteiger partial charge < -0.3 is 0 Å². The van der Waals surface area contributed by atoms with Crippen LogP contribution in [0, 0.1) is 0 Å². The maximum Gasteiger partial charge on any atom is 0.166 e. The standard InChI is InChI=1S/C20H19Cl3N4/c1-2-10-27(13-15-7-8-16(21)12-19(15)23)25-20(26-11-9-24-14-26)17-5-3-4-6-18(17)22/h3-9,11-12,14H,2,10,13H2,1H3/b25-20+. The Hall–Kier alpha value is -2.01. The summed E-state index contributed by atoms with van der Waals surface area (Å²) in [6.45, 7) is 3.44. The largest absolute Gasteiger partial charge is 0.291 e. The number of halogens is 3. The number of benzene rings is 2. The van der Waals surface area contributed by atoms with Gasteiger partial charge in [-0.05, 0) is 36.2 Å². The first-order valence-corrected chi connectivity index (χ1v) is 9.72. The smallest absolute Gasteiger partial charge is 0.166 e. The molecule has 27 heavy (non-hydrogen) atoms. The average Bonchev–Trinajstić information content (AvgIpc) is 3.17. The molecule has 1 heterocycles. The zero-order chi connectivity index (χ0) is 19.2. The second-order valence-electron chi connectivity index (χ2n) is 6.00. The molecule has 4 nitrogen and oxygen atoms in total. The van der Waals surface area contributed by atoms with E-state index in [9.17, 15) is 0 Å². The van der Waals surface area contributed by atoms with Crippen LogP contribution in [-0.2, 0) is 6.54 Å². The molecule has 0 aliphatic carbocycles. The zero-order valence-corrected chi connectivity index (χ0v) is 17.1. The minimum atomic E-state index is 0.562. The number of hydrogen-bond acceptors (Lipinski definition) is 3. The van der Waals surface area contributed by atoms with Gasteiger partial charge in [-0.25, -0.2) is 4.98 Å². The molecule has 3 rings (SSSR count). The lowest BCUT2D eigenvalue weighted by molar-refractivity contribution is 0.279. The highest BCUT2D eigenvalue weighted by Gasteiger charge is 2.14. The minimum Gasteiger partial charge on any atom is -0.291 e. The Kier molecular flexibility index (Phi) is 6.78. The summed E-state index contributed by atoms with van der Waals surface area (Å²) in [6.07, 6.45) is 6.21. The number of aromatic nitrogens is 2. The molecule has 0 saturated carbocycles. The van der Waals surface area contributed by atoms with E-state index in [-0.39, 0.29) is 0 Å². The predicted octanol–water partition coefficient (Wildman–Crippen LogP) is 5.97. The fourth-order valence-corrected chi connectivity index (χ4v) is 3.36. The molecular weight excluding hydrogens is 403 g/mol. The third-order valence-corrected chi connectivity index (χ3v) is 4.87. The van der Waals surface area contributed by atoms with Crippen molar-refractivity contribution in [1.29, 1.82) is 0 Å².